The zero-order valence-electron chi connectivity index (χ0n) is 20.9. The second-order valence-corrected chi connectivity index (χ2v) is 11.8. The van der Waals surface area contributed by atoms with Crippen molar-refractivity contribution in [2.24, 2.45) is 0 Å². The molecule has 0 saturated carbocycles. The Bertz CT molecular complexity index is 1330. The highest BCUT2D eigenvalue weighted by Gasteiger charge is 2.32. The zero-order chi connectivity index (χ0) is 26.5. The minimum Gasteiger partial charge on any atom is -0.456 e. The minimum absolute atomic E-state index is 0.0123. The van der Waals surface area contributed by atoms with Gasteiger partial charge in [0.05, 0.1) is 11.5 Å². The molecule has 0 aliphatic carbocycles. The first-order valence-corrected chi connectivity index (χ1v) is 13.5. The molecule has 8 nitrogen and oxygen atoms in total. The molecule has 0 radical (unpaired) electrons. The van der Waals surface area contributed by atoms with E-state index in [1.807, 2.05) is 37.3 Å². The van der Waals surface area contributed by atoms with Gasteiger partial charge in [0.1, 0.15) is 21.0 Å². The van der Waals surface area contributed by atoms with E-state index in [-0.39, 0.29) is 39.1 Å². The molecular weight excluding hydrogens is 500 g/mol. The standard InChI is InChI=1S/C26H30N2O6S2/c1-17-11-13-19(14-12-17)36(31,32)28-24-21(25(30)34-26(2,3)4)20(16-33-5)22(35-24)23(29)27-15-18-9-7-6-8-10-18/h6-14,28H,15-16H2,1-5H3,(H,27,29). The molecule has 3 rings (SSSR count). The molecule has 1 aromatic heterocycles. The van der Waals surface area contributed by atoms with Gasteiger partial charge in [-0.25, -0.2) is 13.2 Å². The van der Waals surface area contributed by atoms with Gasteiger partial charge in [0, 0.05) is 19.2 Å². The van der Waals surface area contributed by atoms with Crippen molar-refractivity contribution in [1.29, 1.82) is 0 Å². The van der Waals surface area contributed by atoms with Gasteiger partial charge >= 0.3 is 5.97 Å². The van der Waals surface area contributed by atoms with Crippen molar-refractivity contribution >= 4 is 38.2 Å². The molecule has 0 aliphatic heterocycles. The molecule has 1 heterocycles. The number of anilines is 1. The van der Waals surface area contributed by atoms with Crippen molar-refractivity contribution in [3.63, 3.8) is 0 Å². The van der Waals surface area contributed by atoms with Crippen LogP contribution in [0.2, 0.25) is 0 Å². The molecule has 0 fully saturated rings. The average molecular weight is 531 g/mol. The fourth-order valence-electron chi connectivity index (χ4n) is 3.30. The van der Waals surface area contributed by atoms with Crippen molar-refractivity contribution in [2.75, 3.05) is 11.8 Å². The Labute approximate surface area is 215 Å². The lowest BCUT2D eigenvalue weighted by Crippen LogP contribution is -2.26. The molecule has 10 heteroatoms. The normalized spacial score (nSPS) is 11.7. The average Bonchev–Trinajstić information content (AvgIpc) is 3.15. The molecule has 2 N–H and O–H groups in total. The molecular formula is C26H30N2O6S2. The third kappa shape index (κ3) is 6.93. The fourth-order valence-corrected chi connectivity index (χ4v) is 5.72. The van der Waals surface area contributed by atoms with Crippen molar-refractivity contribution in [1.82, 2.24) is 5.32 Å². The van der Waals surface area contributed by atoms with Crippen LogP contribution >= 0.6 is 11.3 Å². The Hall–Kier alpha value is -3.21. The van der Waals surface area contributed by atoms with Gasteiger partial charge in [-0.3, -0.25) is 9.52 Å². The molecule has 192 valence electrons. The van der Waals surface area contributed by atoms with Crippen LogP contribution in [0.3, 0.4) is 0 Å². The molecule has 0 atom stereocenters. The van der Waals surface area contributed by atoms with Gasteiger partial charge in [-0.2, -0.15) is 0 Å². The highest BCUT2D eigenvalue weighted by atomic mass is 32.2. The van der Waals surface area contributed by atoms with Gasteiger partial charge in [0.2, 0.25) is 0 Å². The van der Waals surface area contributed by atoms with Crippen LogP contribution in [0.4, 0.5) is 5.00 Å². The number of hydrogen-bond donors (Lipinski definition) is 2. The summed E-state index contributed by atoms with van der Waals surface area (Å²) in [6, 6.07) is 15.6. The van der Waals surface area contributed by atoms with E-state index in [0.29, 0.717) is 0 Å². The molecule has 0 aliphatic rings. The van der Waals surface area contributed by atoms with Crippen molar-refractivity contribution in [2.45, 2.75) is 51.3 Å². The van der Waals surface area contributed by atoms with Crippen LogP contribution in [0.5, 0.6) is 0 Å². The fraction of sp³-hybridized carbons (Fsp3) is 0.308. The first kappa shape index (κ1) is 27.4. The lowest BCUT2D eigenvalue weighted by atomic mass is 10.1. The third-order valence-electron chi connectivity index (χ3n) is 4.96. The SMILES string of the molecule is COCc1c(C(=O)NCc2ccccc2)sc(NS(=O)(=O)c2ccc(C)cc2)c1C(=O)OC(C)(C)C. The lowest BCUT2D eigenvalue weighted by Gasteiger charge is -2.20. The maximum atomic E-state index is 13.2. The monoisotopic (exact) mass is 530 g/mol. The largest absolute Gasteiger partial charge is 0.456 e. The number of carbonyl (C=O) groups excluding carboxylic acids is 2. The first-order chi connectivity index (χ1) is 16.9. The van der Waals surface area contributed by atoms with E-state index in [9.17, 15) is 18.0 Å². The van der Waals surface area contributed by atoms with Gasteiger partial charge in [-0.1, -0.05) is 48.0 Å². The molecule has 36 heavy (non-hydrogen) atoms. The maximum Gasteiger partial charge on any atom is 0.342 e. The van der Waals surface area contributed by atoms with Crippen molar-refractivity contribution in [3.05, 3.63) is 81.7 Å². The Morgan fingerprint density at radius 2 is 1.64 bits per heavy atom. The van der Waals surface area contributed by atoms with Crippen molar-refractivity contribution < 1.29 is 27.5 Å². The van der Waals surface area contributed by atoms with Crippen LogP contribution in [0, 0.1) is 6.92 Å². The predicted molar refractivity (Wildman–Crippen MR) is 140 cm³/mol. The number of nitrogens with one attached hydrogen (secondary N) is 2. The van der Waals surface area contributed by atoms with E-state index in [1.165, 1.54) is 19.2 Å². The van der Waals surface area contributed by atoms with Gasteiger partial charge < -0.3 is 14.8 Å². The highest BCUT2D eigenvalue weighted by Crippen LogP contribution is 2.37. The van der Waals surface area contributed by atoms with Gasteiger partial charge in [0.25, 0.3) is 15.9 Å². The summed E-state index contributed by atoms with van der Waals surface area (Å²) in [6.45, 7) is 7.13. The van der Waals surface area contributed by atoms with Gasteiger partial charge in [0.15, 0.2) is 0 Å². The summed E-state index contributed by atoms with van der Waals surface area (Å²) in [5, 5.41) is 2.82. The molecule has 0 spiro atoms. The van der Waals surface area contributed by atoms with E-state index in [2.05, 4.69) is 10.0 Å². The molecule has 0 saturated heterocycles. The van der Waals surface area contributed by atoms with E-state index < -0.39 is 27.5 Å². The van der Waals surface area contributed by atoms with Crippen LogP contribution in [0.1, 0.15) is 57.5 Å². The molecule has 0 unspecified atom stereocenters. The topological polar surface area (TPSA) is 111 Å². The van der Waals surface area contributed by atoms with Crippen molar-refractivity contribution in [3.8, 4) is 0 Å². The van der Waals surface area contributed by atoms with Crippen LogP contribution in [0.15, 0.2) is 59.5 Å². The quantitative estimate of drug-likeness (QED) is 0.381. The summed E-state index contributed by atoms with van der Waals surface area (Å²) in [5.41, 5.74) is 1.16. The summed E-state index contributed by atoms with van der Waals surface area (Å²) in [7, 11) is -2.62. The lowest BCUT2D eigenvalue weighted by molar-refractivity contribution is 0.00678. The smallest absolute Gasteiger partial charge is 0.342 e. The Kier molecular flexibility index (Phi) is 8.55. The van der Waals surface area contributed by atoms with E-state index >= 15 is 0 Å². The number of amides is 1. The van der Waals surface area contributed by atoms with Crippen LogP contribution < -0.4 is 10.0 Å². The Morgan fingerprint density at radius 1 is 1.00 bits per heavy atom. The highest BCUT2D eigenvalue weighted by molar-refractivity contribution is 7.93. The minimum atomic E-state index is -4.05. The number of ether oxygens (including phenoxy) is 2. The van der Waals surface area contributed by atoms with Gasteiger partial charge in [-0.05, 0) is 45.4 Å². The van der Waals surface area contributed by atoms with Crippen LogP contribution in [-0.2, 0) is 32.6 Å². The Balaban J connectivity index is 2.05. The molecule has 1 amide bonds. The van der Waals surface area contributed by atoms with Gasteiger partial charge in [-0.15, -0.1) is 11.3 Å². The number of carbonyl (C=O) groups is 2. The summed E-state index contributed by atoms with van der Waals surface area (Å²) >= 11 is 0.865. The number of benzene rings is 2. The number of aryl methyl sites for hydroxylation is 1. The molecule has 3 aromatic rings. The summed E-state index contributed by atoms with van der Waals surface area (Å²) in [6.07, 6.45) is 0. The number of sulfonamides is 1. The molecule has 2 aromatic carbocycles. The van der Waals surface area contributed by atoms with Crippen LogP contribution in [-0.4, -0.2) is 33.0 Å². The number of thiophene rings is 1. The molecule has 0 bridgehead atoms. The third-order valence-corrected chi connectivity index (χ3v) is 7.60. The summed E-state index contributed by atoms with van der Waals surface area (Å²) in [4.78, 5) is 26.6. The predicted octanol–water partition coefficient (Wildman–Crippen LogP) is 4.89. The summed E-state index contributed by atoms with van der Waals surface area (Å²) in [5.74, 6) is -1.21. The zero-order valence-corrected chi connectivity index (χ0v) is 22.5. The van der Waals surface area contributed by atoms with E-state index in [4.69, 9.17) is 9.47 Å². The number of methoxy groups -OCH3 is 1. The van der Waals surface area contributed by atoms with Crippen LogP contribution in [0.25, 0.3) is 0 Å². The van der Waals surface area contributed by atoms with E-state index in [1.54, 1.807) is 32.9 Å². The number of hydrogen-bond acceptors (Lipinski definition) is 7. The van der Waals surface area contributed by atoms with E-state index in [0.717, 1.165) is 22.5 Å². The number of rotatable bonds is 9. The Morgan fingerprint density at radius 3 is 2.22 bits per heavy atom. The first-order valence-electron chi connectivity index (χ1n) is 11.2. The number of esters is 1. The summed E-state index contributed by atoms with van der Waals surface area (Å²) < 4.78 is 39.6. The second-order valence-electron chi connectivity index (χ2n) is 9.14. The maximum absolute atomic E-state index is 13.2. The second kappa shape index (κ2) is 11.2.